The van der Waals surface area contributed by atoms with Crippen LogP contribution in [0.3, 0.4) is 0 Å². The van der Waals surface area contributed by atoms with Gasteiger partial charge >= 0.3 is 0 Å². The smallest absolute Gasteiger partial charge is 0.136 e. The van der Waals surface area contributed by atoms with Crippen molar-refractivity contribution in [3.63, 3.8) is 0 Å². The van der Waals surface area contributed by atoms with E-state index in [2.05, 4.69) is 172 Å². The molecule has 0 radical (unpaired) electrons. The van der Waals surface area contributed by atoms with Gasteiger partial charge in [-0.25, -0.2) is 0 Å². The average molecular weight is 713 g/mol. The molecule has 0 bridgehead atoms. The van der Waals surface area contributed by atoms with Crippen LogP contribution in [0.25, 0.3) is 65.4 Å². The average Bonchev–Trinajstić information content (AvgIpc) is 3.80. The molecule has 260 valence electrons. The van der Waals surface area contributed by atoms with Gasteiger partial charge in [-0.05, 0) is 114 Å². The topological polar surface area (TPSA) is 13.1 Å². The van der Waals surface area contributed by atoms with E-state index in [1.165, 1.54) is 75.2 Å². The van der Waals surface area contributed by atoms with Crippen LogP contribution in [0.2, 0.25) is 0 Å². The molecule has 2 heteroatoms. The normalized spacial score (nSPS) is 18.4. The number of thioether (sulfide) groups is 1. The predicted molar refractivity (Wildman–Crippen MR) is 236 cm³/mol. The molecule has 54 heavy (non-hydrogen) atoms. The minimum Gasteiger partial charge on any atom is -0.456 e. The summed E-state index contributed by atoms with van der Waals surface area (Å²) in [6, 6.07) is 34.8. The molecule has 0 fully saturated rings. The van der Waals surface area contributed by atoms with Gasteiger partial charge in [-0.2, -0.15) is 0 Å². The van der Waals surface area contributed by atoms with Crippen molar-refractivity contribution in [1.29, 1.82) is 0 Å². The molecule has 2 heterocycles. The molecule has 1 aliphatic heterocycles. The van der Waals surface area contributed by atoms with E-state index in [0.29, 0.717) is 0 Å². The first kappa shape index (κ1) is 33.7. The molecule has 9 rings (SSSR count). The Kier molecular flexibility index (Phi) is 8.98. The first-order valence-corrected chi connectivity index (χ1v) is 19.4. The van der Waals surface area contributed by atoms with Crippen LogP contribution in [0.1, 0.15) is 36.5 Å². The molecule has 0 N–H and O–H groups in total. The van der Waals surface area contributed by atoms with E-state index in [0.717, 1.165) is 47.1 Å². The second kappa shape index (κ2) is 14.4. The minimum atomic E-state index is 0.859. The Morgan fingerprint density at radius 2 is 1.39 bits per heavy atom. The Morgan fingerprint density at radius 1 is 0.685 bits per heavy atom. The van der Waals surface area contributed by atoms with Gasteiger partial charge in [-0.1, -0.05) is 171 Å². The highest BCUT2D eigenvalue weighted by Gasteiger charge is 2.21. The van der Waals surface area contributed by atoms with Crippen LogP contribution in [0, 0.1) is 0 Å². The molecule has 0 spiro atoms. The molecule has 0 amide bonds. The van der Waals surface area contributed by atoms with Crippen LogP contribution in [-0.4, -0.2) is 0 Å². The Hall–Kier alpha value is -6.09. The zero-order valence-corrected chi connectivity index (χ0v) is 31.3. The Morgan fingerprint density at radius 3 is 2.19 bits per heavy atom. The molecule has 0 saturated carbocycles. The lowest BCUT2D eigenvalue weighted by Gasteiger charge is -2.19. The van der Waals surface area contributed by atoms with Crippen LogP contribution in [0.15, 0.2) is 202 Å². The molecule has 1 aromatic heterocycles. The van der Waals surface area contributed by atoms with Crippen molar-refractivity contribution in [2.75, 3.05) is 0 Å². The van der Waals surface area contributed by atoms with Crippen molar-refractivity contribution in [1.82, 2.24) is 0 Å². The summed E-state index contributed by atoms with van der Waals surface area (Å²) in [5, 5.41) is 9.75. The number of furan rings is 1. The molecule has 0 atom stereocenters. The van der Waals surface area contributed by atoms with Crippen LogP contribution in [0.5, 0.6) is 0 Å². The van der Waals surface area contributed by atoms with Gasteiger partial charge in [0.15, 0.2) is 0 Å². The molecule has 1 nitrogen and oxygen atoms in total. The summed E-state index contributed by atoms with van der Waals surface area (Å²) in [6.07, 6.45) is 26.9. The number of hydrogen-bond acceptors (Lipinski definition) is 2. The molecular formula is C52H40OS. The fraction of sp³-hybridized carbons (Fsp3) is 0.0769. The largest absolute Gasteiger partial charge is 0.456 e. The van der Waals surface area contributed by atoms with Crippen molar-refractivity contribution < 1.29 is 4.42 Å². The fourth-order valence-electron chi connectivity index (χ4n) is 7.85. The second-order valence-corrected chi connectivity index (χ2v) is 15.3. The molecular weight excluding hydrogens is 673 g/mol. The highest BCUT2D eigenvalue weighted by atomic mass is 32.2. The van der Waals surface area contributed by atoms with Crippen molar-refractivity contribution in [3.05, 3.63) is 210 Å². The van der Waals surface area contributed by atoms with E-state index in [4.69, 9.17) is 4.42 Å². The minimum absolute atomic E-state index is 0.859. The van der Waals surface area contributed by atoms with E-state index >= 15 is 0 Å². The zero-order valence-electron chi connectivity index (χ0n) is 30.4. The summed E-state index contributed by atoms with van der Waals surface area (Å²) >= 11 is 1.88. The number of fused-ring (bicyclic) bond motifs is 8. The molecule has 0 saturated heterocycles. The first-order chi connectivity index (χ1) is 26.5. The summed E-state index contributed by atoms with van der Waals surface area (Å²) in [5.74, 6) is 0. The summed E-state index contributed by atoms with van der Waals surface area (Å²) in [6.45, 7) is 11.2. The van der Waals surface area contributed by atoms with Crippen molar-refractivity contribution in [3.8, 4) is 0 Å². The third kappa shape index (κ3) is 6.23. The van der Waals surface area contributed by atoms with Gasteiger partial charge in [0.2, 0.25) is 0 Å². The lowest BCUT2D eigenvalue weighted by molar-refractivity contribution is 0.669. The lowest BCUT2D eigenvalue weighted by Crippen LogP contribution is -1.95. The van der Waals surface area contributed by atoms with Crippen molar-refractivity contribution >= 4 is 77.2 Å². The van der Waals surface area contributed by atoms with Crippen LogP contribution in [0.4, 0.5) is 0 Å². The summed E-state index contributed by atoms with van der Waals surface area (Å²) in [4.78, 5) is 2.68. The van der Waals surface area contributed by atoms with Gasteiger partial charge in [-0.15, -0.1) is 0 Å². The van der Waals surface area contributed by atoms with E-state index < -0.39 is 0 Å². The first-order valence-electron chi connectivity index (χ1n) is 18.6. The highest BCUT2D eigenvalue weighted by Crippen LogP contribution is 2.46. The molecule has 0 unspecified atom stereocenters. The Bertz CT molecular complexity index is 2860. The summed E-state index contributed by atoms with van der Waals surface area (Å²) < 4.78 is 6.17. The summed E-state index contributed by atoms with van der Waals surface area (Å²) in [5.41, 5.74) is 10.1. The van der Waals surface area contributed by atoms with E-state index in [1.54, 1.807) is 0 Å². The van der Waals surface area contributed by atoms with Crippen LogP contribution >= 0.6 is 11.8 Å². The van der Waals surface area contributed by atoms with Crippen molar-refractivity contribution in [2.45, 2.75) is 31.1 Å². The number of allylic oxidation sites excluding steroid dienone is 16. The third-order valence-corrected chi connectivity index (χ3v) is 11.9. The number of rotatable bonds is 6. The highest BCUT2D eigenvalue weighted by molar-refractivity contribution is 8.03. The molecule has 2 aliphatic rings. The van der Waals surface area contributed by atoms with E-state index in [-0.39, 0.29) is 0 Å². The van der Waals surface area contributed by atoms with Crippen LogP contribution in [-0.2, 0) is 6.42 Å². The van der Waals surface area contributed by atoms with E-state index in [1.807, 2.05) is 23.9 Å². The van der Waals surface area contributed by atoms with Gasteiger partial charge < -0.3 is 4.42 Å². The number of hydrogen-bond donors (Lipinski definition) is 0. The maximum absolute atomic E-state index is 6.17. The lowest BCUT2D eigenvalue weighted by atomic mass is 9.85. The zero-order chi connectivity index (χ0) is 36.6. The van der Waals surface area contributed by atoms with Gasteiger partial charge in [0.25, 0.3) is 0 Å². The van der Waals surface area contributed by atoms with E-state index in [9.17, 15) is 0 Å². The predicted octanol–water partition coefficient (Wildman–Crippen LogP) is 15.2. The van der Waals surface area contributed by atoms with Crippen molar-refractivity contribution in [2.24, 2.45) is 0 Å². The maximum atomic E-state index is 6.17. The Balaban J connectivity index is 0.995. The molecule has 7 aromatic rings. The standard InChI is InChI=1S/C52H40OS/c1-34(35(2)27-30-40-31-39-29-28-38-32-49-47(33-46(38)52(39)54-40)41-19-15-16-24-48(41)53-49)25-26-36(3)50-42-20-11-13-22-44(42)51(45-23-14-12-21-43(45)50)37-17-9-7-5-4-6-8-10-18-37/h4-5,7-16,18-30,32-33H,1,3,6,17,31H2,2H3/b5-4-,9-7-,10-8-,26-25-,35-27+,37-18+,40-30+. The second-order valence-electron chi connectivity index (χ2n) is 14.1. The SMILES string of the molecule is C=C(/C=C\C(=C)c1c2ccccc2c(/C2=C/C=C\C/C=C\C=C/C2)c2ccccc12)/C(C)=C/C=C1\Cc2ccc3cc4oc5ccccc5c4cc3c2S1. The Labute approximate surface area is 321 Å². The van der Waals surface area contributed by atoms with Crippen LogP contribution < -0.4 is 0 Å². The van der Waals surface area contributed by atoms with Gasteiger partial charge in [0, 0.05) is 22.1 Å². The van der Waals surface area contributed by atoms with Gasteiger partial charge in [0.1, 0.15) is 11.2 Å². The number of para-hydroxylation sites is 1. The maximum Gasteiger partial charge on any atom is 0.136 e. The molecule has 1 aliphatic carbocycles. The monoisotopic (exact) mass is 712 g/mol. The number of benzene rings is 6. The van der Waals surface area contributed by atoms with Gasteiger partial charge in [0.05, 0.1) is 0 Å². The fourth-order valence-corrected chi connectivity index (χ4v) is 9.04. The molecule has 6 aromatic carbocycles. The van der Waals surface area contributed by atoms with Gasteiger partial charge in [-0.3, -0.25) is 0 Å². The summed E-state index contributed by atoms with van der Waals surface area (Å²) in [7, 11) is 0. The quantitative estimate of drug-likeness (QED) is 0.126. The third-order valence-electron chi connectivity index (χ3n) is 10.7.